The first-order chi connectivity index (χ1) is 19.2. The predicted molar refractivity (Wildman–Crippen MR) is 162 cm³/mol. The van der Waals surface area contributed by atoms with Gasteiger partial charge in [-0.3, -0.25) is 4.31 Å². The summed E-state index contributed by atoms with van der Waals surface area (Å²) in [5, 5.41) is 11.7. The molecule has 2 N–H and O–H groups in total. The molecule has 0 saturated heterocycles. The van der Waals surface area contributed by atoms with Crippen LogP contribution in [0.2, 0.25) is 0 Å². The van der Waals surface area contributed by atoms with Crippen LogP contribution in [0.3, 0.4) is 0 Å². The highest BCUT2D eigenvalue weighted by Crippen LogP contribution is 2.32. The molecule has 1 heterocycles. The van der Waals surface area contributed by atoms with Crippen molar-refractivity contribution in [2.75, 3.05) is 31.5 Å². The number of H-pyrrole nitrogens is 1. The van der Waals surface area contributed by atoms with E-state index in [0.717, 1.165) is 22.0 Å². The molecule has 0 saturated carbocycles. The largest absolute Gasteiger partial charge is 0.494 e. The lowest BCUT2D eigenvalue weighted by atomic mass is 10.0. The average Bonchev–Trinajstić information content (AvgIpc) is 3.28. The molecule has 0 radical (unpaired) electrons. The third kappa shape index (κ3) is 5.64. The van der Waals surface area contributed by atoms with Crippen molar-refractivity contribution < 1.29 is 13.5 Å². The number of nitrogens with zero attached hydrogens (tertiary/aromatic N) is 3. The zero-order chi connectivity index (χ0) is 28.3. The van der Waals surface area contributed by atoms with Crippen molar-refractivity contribution in [2.24, 2.45) is 4.99 Å². The molecule has 4 aromatic carbocycles. The second-order valence-electron chi connectivity index (χ2n) is 9.93. The van der Waals surface area contributed by atoms with E-state index < -0.39 is 10.0 Å². The molecule has 0 fully saturated rings. The summed E-state index contributed by atoms with van der Waals surface area (Å²) in [4.78, 5) is 10.2. The van der Waals surface area contributed by atoms with Crippen LogP contribution in [0.5, 0.6) is 5.88 Å². The Morgan fingerprint density at radius 2 is 1.48 bits per heavy atom. The molecule has 0 unspecified atom stereocenters. The number of aryl methyl sites for hydroxylation is 1. The lowest BCUT2D eigenvalue weighted by Gasteiger charge is -2.26. The minimum atomic E-state index is -3.78. The molecule has 0 aliphatic rings. The van der Waals surface area contributed by atoms with Crippen LogP contribution in [0, 0.1) is 6.92 Å². The number of nitrogens with one attached hydrogen (secondary N) is 1. The van der Waals surface area contributed by atoms with E-state index in [1.54, 1.807) is 48.5 Å². The summed E-state index contributed by atoms with van der Waals surface area (Å²) in [5.74, 6) is 0.0412. The van der Waals surface area contributed by atoms with Gasteiger partial charge in [-0.05, 0) is 63.5 Å². The van der Waals surface area contributed by atoms with Gasteiger partial charge in [0.1, 0.15) is 0 Å². The molecule has 5 rings (SSSR count). The van der Waals surface area contributed by atoms with Crippen molar-refractivity contribution in [1.82, 2.24) is 9.88 Å². The Balaban J connectivity index is 1.57. The number of likely N-dealkylation sites (N-methyl/N-ethyl adjacent to an activating group) is 1. The molecule has 0 amide bonds. The maximum absolute atomic E-state index is 13.7. The van der Waals surface area contributed by atoms with Gasteiger partial charge >= 0.3 is 0 Å². The SMILES string of the molecule is Cc1ccc(S(=O)(=O)N(CCN(C)C)c2ccc(N=C(c3ccccc3)c3c(O)[nH]c4ccccc34)cc2)cc1. The summed E-state index contributed by atoms with van der Waals surface area (Å²) in [6.45, 7) is 2.78. The minimum Gasteiger partial charge on any atom is -0.494 e. The highest BCUT2D eigenvalue weighted by Gasteiger charge is 2.25. The van der Waals surface area contributed by atoms with Gasteiger partial charge in [0.15, 0.2) is 5.88 Å². The summed E-state index contributed by atoms with van der Waals surface area (Å²) in [7, 11) is 0.0556. The molecule has 0 aliphatic heterocycles. The summed E-state index contributed by atoms with van der Waals surface area (Å²) in [5.41, 5.74) is 5.06. The first-order valence-corrected chi connectivity index (χ1v) is 14.5. The number of fused-ring (bicyclic) bond motifs is 1. The molecule has 204 valence electrons. The van der Waals surface area contributed by atoms with Gasteiger partial charge in [0.05, 0.1) is 27.5 Å². The number of hydrogen-bond donors (Lipinski definition) is 2. The summed E-state index contributed by atoms with van der Waals surface area (Å²) in [6, 6.07) is 31.4. The van der Waals surface area contributed by atoms with Crippen molar-refractivity contribution in [2.45, 2.75) is 11.8 Å². The molecule has 7 nitrogen and oxygen atoms in total. The fraction of sp³-hybridized carbons (Fsp3) is 0.156. The molecular formula is C32H32N4O3S. The van der Waals surface area contributed by atoms with Gasteiger partial charge in [-0.1, -0.05) is 66.2 Å². The summed E-state index contributed by atoms with van der Waals surface area (Å²) < 4.78 is 28.8. The average molecular weight is 553 g/mol. The van der Waals surface area contributed by atoms with E-state index in [9.17, 15) is 13.5 Å². The quantitative estimate of drug-likeness (QED) is 0.216. The Morgan fingerprint density at radius 1 is 0.825 bits per heavy atom. The van der Waals surface area contributed by atoms with Gasteiger partial charge < -0.3 is 15.0 Å². The van der Waals surface area contributed by atoms with Gasteiger partial charge in [0.2, 0.25) is 0 Å². The number of hydrogen-bond acceptors (Lipinski definition) is 5. The number of rotatable bonds is 9. The van der Waals surface area contributed by atoms with E-state index in [0.29, 0.717) is 35.7 Å². The molecule has 0 bridgehead atoms. The second-order valence-corrected chi connectivity index (χ2v) is 11.8. The van der Waals surface area contributed by atoms with Gasteiger partial charge in [-0.15, -0.1) is 0 Å². The fourth-order valence-electron chi connectivity index (χ4n) is 4.57. The summed E-state index contributed by atoms with van der Waals surface area (Å²) >= 11 is 0. The van der Waals surface area contributed by atoms with Crippen LogP contribution in [0.1, 0.15) is 16.7 Å². The van der Waals surface area contributed by atoms with Crippen LogP contribution < -0.4 is 4.31 Å². The molecule has 0 atom stereocenters. The number of benzene rings is 4. The number of aromatic nitrogens is 1. The van der Waals surface area contributed by atoms with Crippen molar-refractivity contribution in [3.8, 4) is 5.88 Å². The van der Waals surface area contributed by atoms with Gasteiger partial charge in [-0.25, -0.2) is 13.4 Å². The maximum Gasteiger partial charge on any atom is 0.264 e. The monoisotopic (exact) mass is 552 g/mol. The van der Waals surface area contributed by atoms with Crippen LogP contribution in [-0.4, -0.2) is 56.3 Å². The van der Waals surface area contributed by atoms with E-state index >= 15 is 0 Å². The molecule has 1 aromatic heterocycles. The maximum atomic E-state index is 13.7. The van der Waals surface area contributed by atoms with Crippen LogP contribution >= 0.6 is 0 Å². The Kier molecular flexibility index (Phi) is 7.73. The zero-order valence-electron chi connectivity index (χ0n) is 22.7. The molecular weight excluding hydrogens is 520 g/mol. The van der Waals surface area contributed by atoms with E-state index in [2.05, 4.69) is 4.98 Å². The van der Waals surface area contributed by atoms with Crippen LogP contribution in [-0.2, 0) is 10.0 Å². The highest BCUT2D eigenvalue weighted by atomic mass is 32.2. The Labute approximate surface area is 235 Å². The Morgan fingerprint density at radius 3 is 2.15 bits per heavy atom. The number of aromatic amines is 1. The third-order valence-electron chi connectivity index (χ3n) is 6.71. The topological polar surface area (TPSA) is 89.0 Å². The number of aromatic hydroxyl groups is 1. The van der Waals surface area contributed by atoms with E-state index in [-0.39, 0.29) is 10.8 Å². The minimum absolute atomic E-state index is 0.0412. The standard InChI is InChI=1S/C32H32N4O3S/c1-23-13-19-27(20-14-23)40(38,39)36(22-21-35(2)3)26-17-15-25(16-18-26)33-31(24-9-5-4-6-10-24)30-28-11-7-8-12-29(28)34-32(30)37/h4-20,34,37H,21-22H2,1-3H3. The van der Waals surface area contributed by atoms with Gasteiger partial charge in [0, 0.05) is 29.6 Å². The molecule has 8 heteroatoms. The van der Waals surface area contributed by atoms with Crippen LogP contribution in [0.15, 0.2) is 113 Å². The van der Waals surface area contributed by atoms with Gasteiger partial charge in [0.25, 0.3) is 10.0 Å². The summed E-state index contributed by atoms with van der Waals surface area (Å²) in [6.07, 6.45) is 0. The van der Waals surface area contributed by atoms with Crippen molar-refractivity contribution in [3.05, 3.63) is 120 Å². The Hall–Kier alpha value is -4.40. The lowest BCUT2D eigenvalue weighted by Crippen LogP contribution is -2.36. The highest BCUT2D eigenvalue weighted by molar-refractivity contribution is 7.92. The fourth-order valence-corrected chi connectivity index (χ4v) is 6.02. The van der Waals surface area contributed by atoms with Crippen LogP contribution in [0.4, 0.5) is 11.4 Å². The van der Waals surface area contributed by atoms with Crippen molar-refractivity contribution in [1.29, 1.82) is 0 Å². The normalized spacial score (nSPS) is 12.2. The van der Waals surface area contributed by atoms with Gasteiger partial charge in [-0.2, -0.15) is 0 Å². The van der Waals surface area contributed by atoms with E-state index in [1.165, 1.54) is 4.31 Å². The Bertz CT molecular complexity index is 1740. The van der Waals surface area contributed by atoms with Crippen LogP contribution in [0.25, 0.3) is 10.9 Å². The number of para-hydroxylation sites is 1. The first-order valence-electron chi connectivity index (χ1n) is 13.0. The van der Waals surface area contributed by atoms with Crippen molar-refractivity contribution in [3.63, 3.8) is 0 Å². The number of aliphatic imine (C=N–C) groups is 1. The lowest BCUT2D eigenvalue weighted by molar-refractivity contribution is 0.419. The predicted octanol–water partition coefficient (Wildman–Crippen LogP) is 6.11. The zero-order valence-corrected chi connectivity index (χ0v) is 23.6. The second kappa shape index (κ2) is 11.4. The van der Waals surface area contributed by atoms with E-state index in [1.807, 2.05) is 80.5 Å². The van der Waals surface area contributed by atoms with E-state index in [4.69, 9.17) is 4.99 Å². The molecule has 0 spiro atoms. The first kappa shape index (κ1) is 27.2. The molecule has 0 aliphatic carbocycles. The third-order valence-corrected chi connectivity index (χ3v) is 8.55. The number of sulfonamides is 1. The molecule has 5 aromatic rings. The number of anilines is 1. The van der Waals surface area contributed by atoms with Crippen molar-refractivity contribution >= 4 is 38.0 Å². The smallest absolute Gasteiger partial charge is 0.264 e. The molecule has 40 heavy (non-hydrogen) atoms.